The third-order valence-electron chi connectivity index (χ3n) is 5.50. The Morgan fingerprint density at radius 2 is 2.17 bits per heavy atom. The number of carbonyl (C=O) groups is 1. The molecule has 1 N–H and O–H groups in total. The lowest BCUT2D eigenvalue weighted by molar-refractivity contribution is 0.00987. The lowest BCUT2D eigenvalue weighted by Gasteiger charge is -2.21. The van der Waals surface area contributed by atoms with Crippen molar-refractivity contribution in [3.05, 3.63) is 17.5 Å². The van der Waals surface area contributed by atoms with Crippen LogP contribution < -0.4 is 5.32 Å². The fraction of sp³-hybridized carbons (Fsp3) is 0.765. The largest absolute Gasteiger partial charge is 0.373 e. The summed E-state index contributed by atoms with van der Waals surface area (Å²) in [5, 5.41) is 7.64. The number of hydrogen-bond acceptors (Lipinski definition) is 4. The molecular formula is C17H26N4O2. The Balaban J connectivity index is 1.41. The van der Waals surface area contributed by atoms with E-state index in [1.54, 1.807) is 0 Å². The van der Waals surface area contributed by atoms with Gasteiger partial charge in [0.05, 0.1) is 23.9 Å². The average Bonchev–Trinajstić information content (AvgIpc) is 3.21. The lowest BCUT2D eigenvalue weighted by Crippen LogP contribution is -2.36. The highest BCUT2D eigenvalue weighted by molar-refractivity contribution is 5.92. The first-order valence-corrected chi connectivity index (χ1v) is 8.84. The van der Waals surface area contributed by atoms with Gasteiger partial charge in [-0.3, -0.25) is 9.48 Å². The van der Waals surface area contributed by atoms with Crippen molar-refractivity contribution in [2.24, 2.45) is 0 Å². The second kappa shape index (κ2) is 5.91. The van der Waals surface area contributed by atoms with Gasteiger partial charge in [0.25, 0.3) is 5.91 Å². The van der Waals surface area contributed by atoms with E-state index in [4.69, 9.17) is 4.74 Å². The Morgan fingerprint density at radius 1 is 1.35 bits per heavy atom. The van der Waals surface area contributed by atoms with Gasteiger partial charge in [0.15, 0.2) is 5.69 Å². The van der Waals surface area contributed by atoms with Crippen LogP contribution in [0.25, 0.3) is 0 Å². The molecule has 1 atom stereocenters. The van der Waals surface area contributed by atoms with Crippen molar-refractivity contribution in [1.82, 2.24) is 20.0 Å². The molecule has 126 valence electrons. The summed E-state index contributed by atoms with van der Waals surface area (Å²) in [6, 6.07) is 2.07. The van der Waals surface area contributed by atoms with Gasteiger partial charge in [0, 0.05) is 19.6 Å². The lowest BCUT2D eigenvalue weighted by atomic mass is 9.96. The molecule has 1 spiro atoms. The van der Waals surface area contributed by atoms with Gasteiger partial charge >= 0.3 is 0 Å². The quantitative estimate of drug-likeness (QED) is 0.899. The fourth-order valence-corrected chi connectivity index (χ4v) is 4.30. The molecule has 1 aromatic rings. The normalized spacial score (nSPS) is 27.1. The van der Waals surface area contributed by atoms with Crippen LogP contribution in [0.15, 0.2) is 6.07 Å². The minimum atomic E-state index is -0.0585. The molecule has 0 bridgehead atoms. The number of fused-ring (bicyclic) bond motifs is 1. The summed E-state index contributed by atoms with van der Waals surface area (Å²) in [6.45, 7) is 3.47. The number of amides is 1. The molecule has 0 radical (unpaired) electrons. The first-order chi connectivity index (χ1) is 11.1. The van der Waals surface area contributed by atoms with Gasteiger partial charge in [0.1, 0.15) is 0 Å². The van der Waals surface area contributed by atoms with E-state index < -0.39 is 0 Å². The van der Waals surface area contributed by atoms with Gasteiger partial charge in [-0.05, 0) is 38.8 Å². The van der Waals surface area contributed by atoms with Crippen LogP contribution in [0, 0.1) is 0 Å². The first-order valence-electron chi connectivity index (χ1n) is 8.84. The highest BCUT2D eigenvalue weighted by Crippen LogP contribution is 2.40. The zero-order valence-corrected chi connectivity index (χ0v) is 13.9. The van der Waals surface area contributed by atoms with Crippen LogP contribution in [0.5, 0.6) is 0 Å². The predicted molar refractivity (Wildman–Crippen MR) is 86.2 cm³/mol. The number of nitrogens with zero attached hydrogens (tertiary/aromatic N) is 3. The summed E-state index contributed by atoms with van der Waals surface area (Å²) in [4.78, 5) is 14.8. The maximum absolute atomic E-state index is 12.5. The summed E-state index contributed by atoms with van der Waals surface area (Å²) in [5.74, 6) is -0.0585. The number of rotatable bonds is 2. The van der Waals surface area contributed by atoms with Crippen LogP contribution in [0.4, 0.5) is 0 Å². The molecule has 6 heteroatoms. The van der Waals surface area contributed by atoms with Crippen LogP contribution in [0.3, 0.4) is 0 Å². The van der Waals surface area contributed by atoms with Crippen LogP contribution in [0.1, 0.15) is 54.7 Å². The van der Waals surface area contributed by atoms with Gasteiger partial charge < -0.3 is 15.0 Å². The molecule has 0 aromatic carbocycles. The monoisotopic (exact) mass is 318 g/mol. The summed E-state index contributed by atoms with van der Waals surface area (Å²) < 4.78 is 8.00. The highest BCUT2D eigenvalue weighted by atomic mass is 16.5. The predicted octanol–water partition coefficient (Wildman–Crippen LogP) is 1.55. The summed E-state index contributed by atoms with van der Waals surface area (Å²) in [5.41, 5.74) is 1.72. The molecule has 2 aliphatic heterocycles. The smallest absolute Gasteiger partial charge is 0.272 e. The molecule has 2 fully saturated rings. The molecule has 3 aliphatic rings. The van der Waals surface area contributed by atoms with Crippen molar-refractivity contribution in [2.75, 3.05) is 20.2 Å². The van der Waals surface area contributed by atoms with E-state index in [9.17, 15) is 4.79 Å². The maximum Gasteiger partial charge on any atom is 0.272 e. The van der Waals surface area contributed by atoms with E-state index in [1.165, 1.54) is 12.8 Å². The van der Waals surface area contributed by atoms with Crippen LogP contribution >= 0.6 is 0 Å². The molecule has 1 amide bonds. The molecule has 1 aromatic heterocycles. The maximum atomic E-state index is 12.5. The second-order valence-electron chi connectivity index (χ2n) is 7.41. The Hall–Kier alpha value is -1.40. The van der Waals surface area contributed by atoms with Crippen molar-refractivity contribution in [1.29, 1.82) is 0 Å². The Bertz CT molecular complexity index is 591. The third-order valence-corrected chi connectivity index (χ3v) is 5.50. The minimum absolute atomic E-state index is 0.0476. The average molecular weight is 318 g/mol. The Labute approximate surface area is 137 Å². The summed E-state index contributed by atoms with van der Waals surface area (Å²) >= 11 is 0. The molecular weight excluding hydrogens is 292 g/mol. The zero-order chi connectivity index (χ0) is 15.9. The van der Waals surface area contributed by atoms with Crippen LogP contribution in [-0.4, -0.2) is 52.4 Å². The van der Waals surface area contributed by atoms with Crippen molar-refractivity contribution in [3.63, 3.8) is 0 Å². The van der Waals surface area contributed by atoms with Crippen molar-refractivity contribution < 1.29 is 9.53 Å². The van der Waals surface area contributed by atoms with E-state index in [1.807, 2.05) is 10.7 Å². The molecule has 1 aliphatic carbocycles. The molecule has 1 saturated carbocycles. The van der Waals surface area contributed by atoms with Gasteiger partial charge in [0.2, 0.25) is 0 Å². The molecule has 3 heterocycles. The van der Waals surface area contributed by atoms with Gasteiger partial charge in [-0.2, -0.15) is 5.10 Å². The van der Waals surface area contributed by atoms with Gasteiger partial charge in [-0.15, -0.1) is 0 Å². The van der Waals surface area contributed by atoms with E-state index >= 15 is 0 Å². The Kier molecular flexibility index (Phi) is 3.89. The molecule has 4 rings (SSSR count). The van der Waals surface area contributed by atoms with Crippen molar-refractivity contribution in [2.45, 2.75) is 63.3 Å². The molecule has 1 saturated heterocycles. The SMILES string of the molecule is CN1CCCn2nc(C(=O)NC3COC4(CCCC4)C3)cc2C1. The van der Waals surface area contributed by atoms with E-state index in [0.29, 0.717) is 12.3 Å². The standard InChI is InChI=1S/C17H26N4O2/c1-20-7-4-8-21-14(11-20)9-15(19-21)16(22)18-13-10-17(23-12-13)5-2-3-6-17/h9,13H,2-8,10-12H2,1H3,(H,18,22). The van der Waals surface area contributed by atoms with E-state index in [2.05, 4.69) is 22.4 Å². The third kappa shape index (κ3) is 3.02. The van der Waals surface area contributed by atoms with Crippen LogP contribution in [0.2, 0.25) is 0 Å². The number of carbonyl (C=O) groups excluding carboxylic acids is 1. The topological polar surface area (TPSA) is 59.4 Å². The number of nitrogens with one attached hydrogen (secondary N) is 1. The fourth-order valence-electron chi connectivity index (χ4n) is 4.30. The van der Waals surface area contributed by atoms with E-state index in [-0.39, 0.29) is 17.6 Å². The Morgan fingerprint density at radius 3 is 3.00 bits per heavy atom. The first kappa shape index (κ1) is 15.1. The number of ether oxygens (including phenoxy) is 1. The second-order valence-corrected chi connectivity index (χ2v) is 7.41. The van der Waals surface area contributed by atoms with Gasteiger partial charge in [-0.25, -0.2) is 0 Å². The molecule has 6 nitrogen and oxygen atoms in total. The summed E-state index contributed by atoms with van der Waals surface area (Å²) in [6.07, 6.45) is 6.82. The van der Waals surface area contributed by atoms with E-state index in [0.717, 1.165) is 51.0 Å². The van der Waals surface area contributed by atoms with Crippen molar-refractivity contribution in [3.8, 4) is 0 Å². The number of aryl methyl sites for hydroxylation is 1. The van der Waals surface area contributed by atoms with Crippen LogP contribution in [-0.2, 0) is 17.8 Å². The minimum Gasteiger partial charge on any atom is -0.373 e. The molecule has 1 unspecified atom stereocenters. The highest BCUT2D eigenvalue weighted by Gasteiger charge is 2.43. The summed E-state index contributed by atoms with van der Waals surface area (Å²) in [7, 11) is 2.11. The number of aromatic nitrogens is 2. The molecule has 23 heavy (non-hydrogen) atoms. The van der Waals surface area contributed by atoms with Crippen molar-refractivity contribution >= 4 is 5.91 Å². The van der Waals surface area contributed by atoms with Gasteiger partial charge in [-0.1, -0.05) is 12.8 Å². The number of hydrogen-bond donors (Lipinski definition) is 1. The zero-order valence-electron chi connectivity index (χ0n) is 13.9.